The van der Waals surface area contributed by atoms with Crippen LogP contribution >= 0.6 is 0 Å². The van der Waals surface area contributed by atoms with Crippen molar-refractivity contribution in [1.29, 1.82) is 0 Å². The number of benzene rings is 3. The summed E-state index contributed by atoms with van der Waals surface area (Å²) in [6.07, 6.45) is 0. The molecule has 0 N–H and O–H groups in total. The van der Waals surface area contributed by atoms with Crippen LogP contribution in [0.4, 0.5) is 0 Å². The SMILES string of the molecule is O=c1oc2ccccc2c2cc(-c3ccc4ccccc4c3)nn12. The molecule has 4 nitrogen and oxygen atoms in total. The van der Waals surface area contributed by atoms with E-state index >= 15 is 0 Å². The highest BCUT2D eigenvalue weighted by Crippen LogP contribution is 2.26. The van der Waals surface area contributed by atoms with Crippen LogP contribution in [0.25, 0.3) is 38.5 Å². The molecule has 0 bridgehead atoms. The van der Waals surface area contributed by atoms with Gasteiger partial charge in [-0.25, -0.2) is 4.79 Å². The van der Waals surface area contributed by atoms with Crippen LogP contribution in [-0.4, -0.2) is 9.61 Å². The highest BCUT2D eigenvalue weighted by Gasteiger charge is 2.12. The van der Waals surface area contributed by atoms with Gasteiger partial charge in [0.25, 0.3) is 0 Å². The van der Waals surface area contributed by atoms with Gasteiger partial charge in [-0.2, -0.15) is 9.61 Å². The normalized spacial score (nSPS) is 11.5. The quantitative estimate of drug-likeness (QED) is 0.464. The lowest BCUT2D eigenvalue weighted by Gasteiger charge is -2.00. The van der Waals surface area contributed by atoms with E-state index in [9.17, 15) is 4.79 Å². The van der Waals surface area contributed by atoms with Gasteiger partial charge < -0.3 is 4.42 Å². The van der Waals surface area contributed by atoms with Gasteiger partial charge in [-0.05, 0) is 35.0 Å². The molecule has 0 aliphatic rings. The van der Waals surface area contributed by atoms with E-state index in [1.165, 1.54) is 9.90 Å². The number of hydrogen-bond donors (Lipinski definition) is 0. The molecule has 0 saturated carbocycles. The number of hydrogen-bond acceptors (Lipinski definition) is 3. The Balaban J connectivity index is 1.81. The molecular weight excluding hydrogens is 300 g/mol. The van der Waals surface area contributed by atoms with Crippen molar-refractivity contribution in [3.8, 4) is 11.3 Å². The molecule has 0 radical (unpaired) electrons. The number of fused-ring (bicyclic) bond motifs is 4. The molecule has 0 amide bonds. The Morgan fingerprint density at radius 3 is 2.54 bits per heavy atom. The van der Waals surface area contributed by atoms with Crippen LogP contribution in [0.3, 0.4) is 0 Å². The zero-order chi connectivity index (χ0) is 16.1. The Bertz CT molecular complexity index is 1280. The Kier molecular flexibility index (Phi) is 2.61. The van der Waals surface area contributed by atoms with E-state index < -0.39 is 5.76 Å². The summed E-state index contributed by atoms with van der Waals surface area (Å²) in [6, 6.07) is 23.8. The Morgan fingerprint density at radius 2 is 1.62 bits per heavy atom. The third kappa shape index (κ3) is 1.86. The second-order valence-electron chi connectivity index (χ2n) is 5.75. The van der Waals surface area contributed by atoms with Gasteiger partial charge in [0.15, 0.2) is 0 Å². The smallest absolute Gasteiger partial charge is 0.408 e. The Hall–Kier alpha value is -3.40. The minimum atomic E-state index is -0.476. The van der Waals surface area contributed by atoms with E-state index in [-0.39, 0.29) is 0 Å². The van der Waals surface area contributed by atoms with Gasteiger partial charge in [0.05, 0.1) is 11.2 Å². The largest absolute Gasteiger partial charge is 0.440 e. The Morgan fingerprint density at radius 1 is 0.833 bits per heavy atom. The number of aromatic nitrogens is 2. The van der Waals surface area contributed by atoms with Crippen molar-refractivity contribution in [2.45, 2.75) is 0 Å². The van der Waals surface area contributed by atoms with E-state index in [2.05, 4.69) is 29.4 Å². The van der Waals surface area contributed by atoms with Crippen LogP contribution in [0.1, 0.15) is 0 Å². The Labute approximate surface area is 136 Å². The predicted molar refractivity (Wildman–Crippen MR) is 94.2 cm³/mol. The highest BCUT2D eigenvalue weighted by molar-refractivity contribution is 5.94. The first-order chi connectivity index (χ1) is 11.8. The second kappa shape index (κ2) is 4.80. The van der Waals surface area contributed by atoms with Gasteiger partial charge in [0.2, 0.25) is 0 Å². The first-order valence-electron chi connectivity index (χ1n) is 7.70. The standard InChI is InChI=1S/C20H12N2O2/c23-20-22-18(16-7-3-4-8-19(16)24-20)12-17(21-22)15-10-9-13-5-1-2-6-14(13)11-15/h1-12H. The maximum Gasteiger partial charge on any atom is 0.440 e. The van der Waals surface area contributed by atoms with Crippen molar-refractivity contribution in [2.24, 2.45) is 0 Å². The van der Waals surface area contributed by atoms with E-state index in [0.717, 1.165) is 27.5 Å². The monoisotopic (exact) mass is 312 g/mol. The predicted octanol–water partition coefficient (Wildman–Crippen LogP) is 4.26. The molecule has 114 valence electrons. The minimum absolute atomic E-state index is 0.476. The fourth-order valence-corrected chi connectivity index (χ4v) is 3.11. The van der Waals surface area contributed by atoms with Crippen molar-refractivity contribution < 1.29 is 4.42 Å². The number of rotatable bonds is 1. The fourth-order valence-electron chi connectivity index (χ4n) is 3.11. The molecule has 0 atom stereocenters. The van der Waals surface area contributed by atoms with Crippen LogP contribution in [0.2, 0.25) is 0 Å². The molecule has 24 heavy (non-hydrogen) atoms. The van der Waals surface area contributed by atoms with Gasteiger partial charge >= 0.3 is 5.76 Å². The maximum absolute atomic E-state index is 12.2. The summed E-state index contributed by atoms with van der Waals surface area (Å²) in [5.41, 5.74) is 3.05. The van der Waals surface area contributed by atoms with Gasteiger partial charge in [-0.15, -0.1) is 0 Å². The molecule has 4 heteroatoms. The summed E-state index contributed by atoms with van der Waals surface area (Å²) in [4.78, 5) is 12.2. The van der Waals surface area contributed by atoms with Crippen LogP contribution in [0, 0.1) is 0 Å². The van der Waals surface area contributed by atoms with Crippen LogP contribution in [0.15, 0.2) is 82.0 Å². The topological polar surface area (TPSA) is 47.5 Å². The first kappa shape index (κ1) is 13.1. The lowest BCUT2D eigenvalue weighted by molar-refractivity contribution is 0.508. The lowest BCUT2D eigenvalue weighted by Crippen LogP contribution is -2.12. The first-order valence-corrected chi connectivity index (χ1v) is 7.70. The van der Waals surface area contributed by atoms with Crippen LogP contribution in [0.5, 0.6) is 0 Å². The molecular formula is C20H12N2O2. The lowest BCUT2D eigenvalue weighted by atomic mass is 10.1. The van der Waals surface area contributed by atoms with E-state index in [1.807, 2.05) is 42.5 Å². The molecule has 0 unspecified atom stereocenters. The molecule has 3 aromatic carbocycles. The van der Waals surface area contributed by atoms with Crippen molar-refractivity contribution in [1.82, 2.24) is 9.61 Å². The average molecular weight is 312 g/mol. The van der Waals surface area contributed by atoms with Crippen molar-refractivity contribution in [2.75, 3.05) is 0 Å². The summed E-state index contributed by atoms with van der Waals surface area (Å²) in [5, 5.41) is 7.64. The highest BCUT2D eigenvalue weighted by atomic mass is 16.4. The summed E-state index contributed by atoms with van der Waals surface area (Å²) in [6.45, 7) is 0. The van der Waals surface area contributed by atoms with Crippen LogP contribution < -0.4 is 5.76 Å². The maximum atomic E-state index is 12.2. The molecule has 0 spiro atoms. The summed E-state index contributed by atoms with van der Waals surface area (Å²) in [5.74, 6) is -0.476. The molecule has 0 saturated heterocycles. The third-order valence-corrected chi connectivity index (χ3v) is 4.29. The van der Waals surface area contributed by atoms with E-state index in [4.69, 9.17) is 4.42 Å². The van der Waals surface area contributed by atoms with Crippen LogP contribution in [-0.2, 0) is 0 Å². The molecule has 5 rings (SSSR count). The van der Waals surface area contributed by atoms with Gasteiger partial charge in [-0.1, -0.05) is 48.5 Å². The number of nitrogens with zero attached hydrogens (tertiary/aromatic N) is 2. The van der Waals surface area contributed by atoms with Gasteiger partial charge in [0, 0.05) is 10.9 Å². The van der Waals surface area contributed by atoms with Crippen molar-refractivity contribution in [3.63, 3.8) is 0 Å². The average Bonchev–Trinajstić information content (AvgIpc) is 3.08. The van der Waals surface area contributed by atoms with Gasteiger partial charge in [0.1, 0.15) is 5.58 Å². The van der Waals surface area contributed by atoms with E-state index in [1.54, 1.807) is 6.07 Å². The second-order valence-corrected chi connectivity index (χ2v) is 5.75. The third-order valence-electron chi connectivity index (χ3n) is 4.29. The van der Waals surface area contributed by atoms with Gasteiger partial charge in [-0.3, -0.25) is 0 Å². The minimum Gasteiger partial charge on any atom is -0.408 e. The molecule has 5 aromatic rings. The zero-order valence-corrected chi connectivity index (χ0v) is 12.6. The molecule has 0 aliphatic carbocycles. The number of para-hydroxylation sites is 1. The van der Waals surface area contributed by atoms with Crippen molar-refractivity contribution in [3.05, 3.63) is 83.3 Å². The zero-order valence-electron chi connectivity index (χ0n) is 12.6. The molecule has 2 aromatic heterocycles. The fraction of sp³-hybridized carbons (Fsp3) is 0. The summed E-state index contributed by atoms with van der Waals surface area (Å²) >= 11 is 0. The molecule has 0 aliphatic heterocycles. The van der Waals surface area contributed by atoms with E-state index in [0.29, 0.717) is 5.58 Å². The summed E-state index contributed by atoms with van der Waals surface area (Å²) in [7, 11) is 0. The summed E-state index contributed by atoms with van der Waals surface area (Å²) < 4.78 is 6.67. The van der Waals surface area contributed by atoms with Crippen molar-refractivity contribution >= 4 is 27.3 Å². The molecule has 0 fully saturated rings. The molecule has 2 heterocycles.